The molecule has 0 fully saturated rings. The Balaban J connectivity index is 1.54. The van der Waals surface area contributed by atoms with Gasteiger partial charge in [0.15, 0.2) is 11.5 Å². The van der Waals surface area contributed by atoms with Crippen LogP contribution in [0.4, 0.5) is 5.82 Å². The Morgan fingerprint density at radius 3 is 2.77 bits per heavy atom. The molecule has 0 unspecified atom stereocenters. The van der Waals surface area contributed by atoms with Crippen molar-refractivity contribution < 1.29 is 0 Å². The van der Waals surface area contributed by atoms with Gasteiger partial charge in [0.25, 0.3) is 5.56 Å². The molecule has 31 heavy (non-hydrogen) atoms. The minimum Gasteiger partial charge on any atom is -0.350 e. The summed E-state index contributed by atoms with van der Waals surface area (Å²) in [5.74, 6) is 0.779. The van der Waals surface area contributed by atoms with Crippen LogP contribution < -0.4 is 10.5 Å². The third-order valence-corrected chi connectivity index (χ3v) is 6.04. The first-order valence-electron chi connectivity index (χ1n) is 10.1. The van der Waals surface area contributed by atoms with Gasteiger partial charge >= 0.3 is 0 Å². The number of hydrogen-bond donors (Lipinski definition) is 0. The Labute approximate surface area is 179 Å². The van der Waals surface area contributed by atoms with Crippen molar-refractivity contribution in [2.24, 2.45) is 7.05 Å². The molecule has 4 aromatic heterocycles. The van der Waals surface area contributed by atoms with Crippen molar-refractivity contribution >= 4 is 11.5 Å². The lowest BCUT2D eigenvalue weighted by atomic mass is 10.00. The number of pyridine rings is 1. The second-order valence-corrected chi connectivity index (χ2v) is 7.90. The smallest absolute Gasteiger partial charge is 0.274 e. The second kappa shape index (κ2) is 7.06. The van der Waals surface area contributed by atoms with E-state index in [1.165, 1.54) is 16.8 Å². The van der Waals surface area contributed by atoms with Gasteiger partial charge < -0.3 is 9.47 Å². The average molecular weight is 411 g/mol. The third-order valence-electron chi connectivity index (χ3n) is 6.04. The van der Waals surface area contributed by atoms with Gasteiger partial charge in [0.2, 0.25) is 0 Å². The fraction of sp³-hybridized carbons (Fsp3) is 0.261. The monoisotopic (exact) mass is 411 g/mol. The summed E-state index contributed by atoms with van der Waals surface area (Å²) in [5, 5.41) is 13.9. The van der Waals surface area contributed by atoms with E-state index in [0.29, 0.717) is 17.9 Å². The fourth-order valence-electron chi connectivity index (χ4n) is 4.21. The lowest BCUT2D eigenvalue weighted by Crippen LogP contribution is -2.33. The van der Waals surface area contributed by atoms with E-state index >= 15 is 0 Å². The molecule has 4 aromatic rings. The maximum atomic E-state index is 12.2. The van der Waals surface area contributed by atoms with Crippen molar-refractivity contribution in [1.29, 1.82) is 5.26 Å². The Bertz CT molecular complexity index is 1440. The summed E-state index contributed by atoms with van der Waals surface area (Å²) >= 11 is 0. The molecule has 1 aliphatic heterocycles. The molecule has 0 bridgehead atoms. The SMILES string of the molecule is Cc1cc2nccc(=O)n2nc1N1CCc2ncc(-c3cc(C#N)n(C)c3C)cc2C1. The van der Waals surface area contributed by atoms with Crippen molar-refractivity contribution in [3.05, 3.63) is 75.2 Å². The van der Waals surface area contributed by atoms with Crippen LogP contribution in [0.25, 0.3) is 16.8 Å². The summed E-state index contributed by atoms with van der Waals surface area (Å²) in [6, 6.07) is 9.61. The highest BCUT2D eigenvalue weighted by Crippen LogP contribution is 2.30. The predicted octanol–water partition coefficient (Wildman–Crippen LogP) is 2.54. The van der Waals surface area contributed by atoms with Gasteiger partial charge in [-0.25, -0.2) is 4.98 Å². The van der Waals surface area contributed by atoms with E-state index in [2.05, 4.69) is 27.1 Å². The van der Waals surface area contributed by atoms with Crippen LogP contribution in [0.15, 0.2) is 41.5 Å². The van der Waals surface area contributed by atoms with Crippen LogP contribution in [0.3, 0.4) is 0 Å². The van der Waals surface area contributed by atoms with E-state index in [-0.39, 0.29) is 5.56 Å². The van der Waals surface area contributed by atoms with Crippen LogP contribution in [0.2, 0.25) is 0 Å². The Morgan fingerprint density at radius 2 is 2.00 bits per heavy atom. The number of hydrogen-bond acceptors (Lipinski definition) is 6. The second-order valence-electron chi connectivity index (χ2n) is 7.90. The van der Waals surface area contributed by atoms with Crippen LogP contribution >= 0.6 is 0 Å². The molecular weight excluding hydrogens is 390 g/mol. The first-order valence-corrected chi connectivity index (χ1v) is 10.1. The lowest BCUT2D eigenvalue weighted by Gasteiger charge is -2.30. The number of nitrogens with zero attached hydrogens (tertiary/aromatic N) is 7. The summed E-state index contributed by atoms with van der Waals surface area (Å²) in [5.41, 5.74) is 7.21. The zero-order valence-electron chi connectivity index (χ0n) is 17.6. The minimum absolute atomic E-state index is 0.194. The van der Waals surface area contributed by atoms with Crippen LogP contribution in [-0.2, 0) is 20.0 Å². The molecule has 1 aliphatic rings. The molecule has 0 spiro atoms. The van der Waals surface area contributed by atoms with E-state index in [1.807, 2.05) is 43.8 Å². The summed E-state index contributed by atoms with van der Waals surface area (Å²) in [6.45, 7) is 5.43. The van der Waals surface area contributed by atoms with Gasteiger partial charge in [0.05, 0.1) is 0 Å². The summed E-state index contributed by atoms with van der Waals surface area (Å²) in [4.78, 5) is 23.4. The van der Waals surface area contributed by atoms with E-state index in [1.54, 1.807) is 0 Å². The van der Waals surface area contributed by atoms with Crippen molar-refractivity contribution in [3.63, 3.8) is 0 Å². The molecule has 0 saturated carbocycles. The molecule has 0 radical (unpaired) electrons. The van der Waals surface area contributed by atoms with E-state index in [9.17, 15) is 10.1 Å². The van der Waals surface area contributed by atoms with Gasteiger partial charge in [-0.3, -0.25) is 9.78 Å². The Kier molecular flexibility index (Phi) is 4.33. The first-order chi connectivity index (χ1) is 15.0. The summed E-state index contributed by atoms with van der Waals surface area (Å²) in [7, 11) is 1.90. The number of fused-ring (bicyclic) bond motifs is 2. The van der Waals surface area contributed by atoms with E-state index in [4.69, 9.17) is 4.98 Å². The normalized spacial score (nSPS) is 13.3. The Hall–Kier alpha value is -3.99. The average Bonchev–Trinajstić information content (AvgIpc) is 3.06. The van der Waals surface area contributed by atoms with Gasteiger partial charge in [-0.15, -0.1) is 5.10 Å². The molecule has 0 N–H and O–H groups in total. The van der Waals surface area contributed by atoms with Gasteiger partial charge in [0, 0.05) is 67.5 Å². The molecule has 0 aromatic carbocycles. The molecule has 5 heterocycles. The maximum absolute atomic E-state index is 12.2. The number of anilines is 1. The largest absolute Gasteiger partial charge is 0.350 e. The standard InChI is InChI=1S/C23H21N7O/c1-14-8-21-25-6-4-22(31)30(21)27-23(14)29-7-5-20-17(13-29)9-16(12-26-20)19-10-18(11-24)28(3)15(19)2/h4,6,8-10,12H,5,7,13H2,1-3H3. The fourth-order valence-corrected chi connectivity index (χ4v) is 4.21. The van der Waals surface area contributed by atoms with Gasteiger partial charge in [0.1, 0.15) is 11.8 Å². The quantitative estimate of drug-likeness (QED) is 0.503. The van der Waals surface area contributed by atoms with Crippen LogP contribution in [0.1, 0.15) is 28.2 Å². The van der Waals surface area contributed by atoms with Crippen molar-refractivity contribution in [2.45, 2.75) is 26.8 Å². The van der Waals surface area contributed by atoms with E-state index in [0.717, 1.165) is 52.4 Å². The van der Waals surface area contributed by atoms with Crippen LogP contribution in [-0.4, -0.2) is 30.7 Å². The molecule has 5 rings (SSSR count). The molecule has 0 saturated heterocycles. The van der Waals surface area contributed by atoms with Gasteiger partial charge in [-0.05, 0) is 43.2 Å². The van der Waals surface area contributed by atoms with Crippen molar-refractivity contribution in [2.75, 3.05) is 11.4 Å². The highest BCUT2D eigenvalue weighted by atomic mass is 16.1. The number of nitriles is 1. The molecule has 0 amide bonds. The zero-order valence-corrected chi connectivity index (χ0v) is 17.6. The molecule has 0 aliphatic carbocycles. The van der Waals surface area contributed by atoms with Crippen molar-refractivity contribution in [3.8, 4) is 17.2 Å². The number of aromatic nitrogens is 5. The van der Waals surface area contributed by atoms with Crippen LogP contribution in [0, 0.1) is 25.2 Å². The topological polar surface area (TPSA) is 92.1 Å². The van der Waals surface area contributed by atoms with Crippen molar-refractivity contribution in [1.82, 2.24) is 24.1 Å². The third kappa shape index (κ3) is 3.06. The first kappa shape index (κ1) is 19.0. The maximum Gasteiger partial charge on any atom is 0.274 e. The molecule has 8 heteroatoms. The Morgan fingerprint density at radius 1 is 1.16 bits per heavy atom. The lowest BCUT2D eigenvalue weighted by molar-refractivity contribution is 0.685. The number of rotatable bonds is 2. The zero-order chi connectivity index (χ0) is 21.7. The molecular formula is C23H21N7O. The van der Waals surface area contributed by atoms with E-state index < -0.39 is 0 Å². The van der Waals surface area contributed by atoms with Gasteiger partial charge in [-0.1, -0.05) is 0 Å². The minimum atomic E-state index is -0.194. The molecule has 154 valence electrons. The highest BCUT2D eigenvalue weighted by molar-refractivity contribution is 5.69. The summed E-state index contributed by atoms with van der Waals surface area (Å²) in [6.07, 6.45) is 4.20. The predicted molar refractivity (Wildman–Crippen MR) is 117 cm³/mol. The number of aryl methyl sites for hydroxylation is 1. The summed E-state index contributed by atoms with van der Waals surface area (Å²) < 4.78 is 3.25. The highest BCUT2D eigenvalue weighted by Gasteiger charge is 2.22. The molecule has 0 atom stereocenters. The molecule has 8 nitrogen and oxygen atoms in total. The van der Waals surface area contributed by atoms with Crippen LogP contribution in [0.5, 0.6) is 0 Å². The van der Waals surface area contributed by atoms with Gasteiger partial charge in [-0.2, -0.15) is 9.78 Å².